The second kappa shape index (κ2) is 12.5. The van der Waals surface area contributed by atoms with Gasteiger partial charge >= 0.3 is 5.97 Å². The predicted octanol–water partition coefficient (Wildman–Crippen LogP) is 1.76. The topological polar surface area (TPSA) is 144 Å². The molecule has 0 bridgehead atoms. The molecule has 11 atom stereocenters. The van der Waals surface area contributed by atoms with Crippen LogP contribution < -0.4 is 0 Å². The van der Waals surface area contributed by atoms with Crippen LogP contribution in [-0.2, 0) is 28.5 Å². The summed E-state index contributed by atoms with van der Waals surface area (Å²) in [5, 5.41) is 41.7. The molecule has 0 aromatic heterocycles. The summed E-state index contributed by atoms with van der Waals surface area (Å²) in [5.41, 5.74) is -0.0459. The van der Waals surface area contributed by atoms with E-state index in [1.165, 1.54) is 13.2 Å². The molecule has 1 unspecified atom stereocenters. The van der Waals surface area contributed by atoms with Gasteiger partial charge in [0.2, 0.25) is 0 Å². The number of hydrogen-bond acceptors (Lipinski definition) is 10. The van der Waals surface area contributed by atoms with Crippen LogP contribution in [0.2, 0.25) is 0 Å². The third-order valence-corrected chi connectivity index (χ3v) is 9.12. The van der Waals surface area contributed by atoms with E-state index in [4.69, 9.17) is 35.3 Å². The molecular weight excluding hydrogens is 544 g/mol. The number of ether oxygens (including phenoxy) is 5. The van der Waals surface area contributed by atoms with Crippen LogP contribution >= 0.6 is 11.6 Å². The highest BCUT2D eigenvalue weighted by Crippen LogP contribution is 2.48. The molecular formula is C29H43ClO10. The lowest BCUT2D eigenvalue weighted by atomic mass is 9.71. The van der Waals surface area contributed by atoms with Gasteiger partial charge in [-0.2, -0.15) is 0 Å². The molecule has 1 aliphatic carbocycles. The first-order valence-electron chi connectivity index (χ1n) is 13.9. The predicted molar refractivity (Wildman–Crippen MR) is 145 cm³/mol. The summed E-state index contributed by atoms with van der Waals surface area (Å²) in [6, 6.07) is 0. The Morgan fingerprint density at radius 2 is 2.05 bits per heavy atom. The first-order chi connectivity index (χ1) is 18.9. The third-order valence-electron chi connectivity index (χ3n) is 8.84. The average Bonchev–Trinajstić information content (AvgIpc) is 3.22. The van der Waals surface area contributed by atoms with E-state index in [0.29, 0.717) is 17.6 Å². The van der Waals surface area contributed by atoms with Gasteiger partial charge in [0.25, 0.3) is 0 Å². The van der Waals surface area contributed by atoms with Gasteiger partial charge in [0, 0.05) is 38.9 Å². The minimum absolute atomic E-state index is 0.0413. The van der Waals surface area contributed by atoms with Crippen molar-refractivity contribution < 1.29 is 48.9 Å². The Hall–Kier alpha value is -1.34. The molecule has 1 spiro atoms. The lowest BCUT2D eigenvalue weighted by Crippen LogP contribution is -2.60. The van der Waals surface area contributed by atoms with Crippen molar-refractivity contribution in [2.45, 2.75) is 99.8 Å². The molecule has 10 nitrogen and oxygen atoms in total. The molecule has 3 heterocycles. The van der Waals surface area contributed by atoms with Crippen LogP contribution in [0.5, 0.6) is 0 Å². The van der Waals surface area contributed by atoms with E-state index < -0.39 is 65.3 Å². The van der Waals surface area contributed by atoms with Gasteiger partial charge in [-0.25, -0.2) is 0 Å². The number of aliphatic hydroxyl groups excluding tert-OH is 3. The Kier molecular flexibility index (Phi) is 9.86. The van der Waals surface area contributed by atoms with E-state index in [9.17, 15) is 25.2 Å². The smallest absolute Gasteiger partial charge is 0.316 e. The fourth-order valence-corrected chi connectivity index (χ4v) is 6.75. The largest absolute Gasteiger partial charge is 0.462 e. The summed E-state index contributed by atoms with van der Waals surface area (Å²) in [6.07, 6.45) is -0.0466. The van der Waals surface area contributed by atoms with Crippen molar-refractivity contribution in [1.29, 1.82) is 0 Å². The molecule has 0 radical (unpaired) electrons. The maximum absolute atomic E-state index is 13.8. The maximum Gasteiger partial charge on any atom is 0.316 e. The lowest BCUT2D eigenvalue weighted by Gasteiger charge is -2.51. The Morgan fingerprint density at radius 3 is 2.67 bits per heavy atom. The average molecular weight is 587 g/mol. The van der Waals surface area contributed by atoms with Gasteiger partial charge in [-0.15, -0.1) is 11.6 Å². The molecule has 0 saturated carbocycles. The SMILES string of the molecule is C=C(C(C)Cl)[C@H]1O[C@@]2(C[C@@H](OC(=O)[C@@H]3C=C(C)[C@@H](OC)[C@H]4OC/C(=C\CO)[C@]43O)C[C@@H](CCO)O2)C[C@H](O)[C@@H]1C. The second-order valence-corrected chi connectivity index (χ2v) is 12.2. The molecule has 226 valence electrons. The number of rotatable bonds is 8. The fraction of sp³-hybridized carbons (Fsp3) is 0.759. The molecule has 3 fully saturated rings. The van der Waals surface area contributed by atoms with E-state index >= 15 is 0 Å². The number of esters is 1. The molecule has 0 aromatic rings. The highest BCUT2D eigenvalue weighted by atomic mass is 35.5. The van der Waals surface area contributed by atoms with Crippen molar-refractivity contribution in [2.24, 2.45) is 11.8 Å². The lowest BCUT2D eigenvalue weighted by molar-refractivity contribution is -0.344. The quantitative estimate of drug-likeness (QED) is 0.189. The Balaban J connectivity index is 1.62. The van der Waals surface area contributed by atoms with Gasteiger partial charge in [0.15, 0.2) is 5.79 Å². The van der Waals surface area contributed by atoms with Gasteiger partial charge in [0.05, 0.1) is 36.9 Å². The molecule has 4 rings (SSSR count). The van der Waals surface area contributed by atoms with Crippen LogP contribution in [0.1, 0.15) is 46.5 Å². The van der Waals surface area contributed by atoms with E-state index in [1.807, 2.05) is 6.92 Å². The molecule has 11 heteroatoms. The number of carbonyl (C=O) groups excluding carboxylic acids is 1. The monoisotopic (exact) mass is 586 g/mol. The first kappa shape index (κ1) is 31.6. The van der Waals surface area contributed by atoms with Crippen molar-refractivity contribution in [3.05, 3.63) is 35.5 Å². The normalized spacial score (nSPS) is 43.3. The zero-order chi connectivity index (χ0) is 29.4. The first-order valence-corrected chi connectivity index (χ1v) is 14.4. The number of methoxy groups -OCH3 is 1. The summed E-state index contributed by atoms with van der Waals surface area (Å²) in [4.78, 5) is 13.8. The number of aliphatic hydroxyl groups is 4. The van der Waals surface area contributed by atoms with E-state index in [2.05, 4.69) is 6.58 Å². The molecule has 40 heavy (non-hydrogen) atoms. The number of fused-ring (bicyclic) bond motifs is 1. The summed E-state index contributed by atoms with van der Waals surface area (Å²) >= 11 is 6.32. The van der Waals surface area contributed by atoms with Crippen LogP contribution in [0.3, 0.4) is 0 Å². The van der Waals surface area contributed by atoms with Gasteiger partial charge in [-0.3, -0.25) is 4.79 Å². The van der Waals surface area contributed by atoms with E-state index in [1.54, 1.807) is 19.9 Å². The van der Waals surface area contributed by atoms with E-state index in [-0.39, 0.29) is 45.0 Å². The van der Waals surface area contributed by atoms with Gasteiger partial charge in [0.1, 0.15) is 29.8 Å². The van der Waals surface area contributed by atoms with Crippen molar-refractivity contribution in [3.8, 4) is 0 Å². The molecule has 4 N–H and O–H groups in total. The van der Waals surface area contributed by atoms with Crippen LogP contribution in [0.25, 0.3) is 0 Å². The van der Waals surface area contributed by atoms with Crippen LogP contribution in [-0.4, -0.2) is 107 Å². The number of hydrogen-bond donors (Lipinski definition) is 4. The minimum atomic E-state index is -1.76. The van der Waals surface area contributed by atoms with Gasteiger partial charge in [-0.05, 0) is 37.0 Å². The highest BCUT2D eigenvalue weighted by Gasteiger charge is 2.60. The molecule has 0 aromatic carbocycles. The molecule has 0 amide bonds. The van der Waals surface area contributed by atoms with Crippen molar-refractivity contribution >= 4 is 17.6 Å². The van der Waals surface area contributed by atoms with Crippen molar-refractivity contribution in [1.82, 2.24) is 0 Å². The highest BCUT2D eigenvalue weighted by molar-refractivity contribution is 6.22. The minimum Gasteiger partial charge on any atom is -0.462 e. The van der Waals surface area contributed by atoms with Crippen molar-refractivity contribution in [2.75, 3.05) is 26.9 Å². The number of alkyl halides is 1. The molecule has 4 aliphatic rings. The van der Waals surface area contributed by atoms with Crippen LogP contribution in [0.4, 0.5) is 0 Å². The fourth-order valence-electron chi connectivity index (χ4n) is 6.62. The van der Waals surface area contributed by atoms with Crippen LogP contribution in [0.15, 0.2) is 35.5 Å². The number of carbonyl (C=O) groups is 1. The van der Waals surface area contributed by atoms with Gasteiger partial charge < -0.3 is 44.1 Å². The summed E-state index contributed by atoms with van der Waals surface area (Å²) in [5.74, 6) is -3.34. The van der Waals surface area contributed by atoms with Crippen molar-refractivity contribution in [3.63, 3.8) is 0 Å². The Bertz CT molecular complexity index is 1010. The van der Waals surface area contributed by atoms with Crippen LogP contribution in [0, 0.1) is 11.8 Å². The Morgan fingerprint density at radius 1 is 1.32 bits per heavy atom. The summed E-state index contributed by atoms with van der Waals surface area (Å²) < 4.78 is 30.3. The Labute approximate surface area is 240 Å². The molecule has 3 aliphatic heterocycles. The van der Waals surface area contributed by atoms with Gasteiger partial charge in [-0.1, -0.05) is 25.7 Å². The zero-order valence-electron chi connectivity index (χ0n) is 23.6. The molecule has 3 saturated heterocycles. The number of halogens is 1. The summed E-state index contributed by atoms with van der Waals surface area (Å²) in [7, 11) is 1.51. The summed E-state index contributed by atoms with van der Waals surface area (Å²) in [6.45, 7) is 9.09. The van der Waals surface area contributed by atoms with E-state index in [0.717, 1.165) is 5.57 Å². The third kappa shape index (κ3) is 5.80. The maximum atomic E-state index is 13.8. The second-order valence-electron chi connectivity index (χ2n) is 11.5. The standard InChI is InChI=1S/C29H43ClO10/c1-15-10-22(29(35)19(6-8-31)14-37-26(29)24(15)36-5)27(34)38-21-11-20(7-9-32)39-28(12-21)13-23(33)17(3)25(40-28)16(2)18(4)30/h6,10,17-18,20-26,31-33,35H,2,7-9,11-14H2,1,3-5H3/b19-6+/t17-,18?,20+,21-,22-,23-,24+,25+,26+,28-,29+/m0/s1. The zero-order valence-corrected chi connectivity index (χ0v) is 24.4.